The predicted molar refractivity (Wildman–Crippen MR) is 145 cm³/mol. The minimum absolute atomic E-state index is 0.156. The van der Waals surface area contributed by atoms with Crippen molar-refractivity contribution < 1.29 is 13.5 Å². The molecule has 1 aliphatic rings. The first-order valence-electron chi connectivity index (χ1n) is 11.6. The van der Waals surface area contributed by atoms with Crippen molar-refractivity contribution in [3.8, 4) is 17.1 Å². The molecule has 0 bridgehead atoms. The maximum absolute atomic E-state index is 13.5. The number of rotatable bonds is 8. The average Bonchev–Trinajstić information content (AvgIpc) is 3.23. The van der Waals surface area contributed by atoms with Gasteiger partial charge in [0, 0.05) is 35.2 Å². The van der Waals surface area contributed by atoms with Crippen LogP contribution in [-0.2, 0) is 0 Å². The Bertz CT molecular complexity index is 1520. The van der Waals surface area contributed by atoms with Crippen LogP contribution in [0.25, 0.3) is 22.3 Å². The fourth-order valence-electron chi connectivity index (χ4n) is 4.23. The van der Waals surface area contributed by atoms with Crippen molar-refractivity contribution in [3.63, 3.8) is 0 Å². The maximum Gasteiger partial charge on any atom is 0.197 e. The molecule has 5 nitrogen and oxygen atoms in total. The lowest BCUT2D eigenvalue weighted by molar-refractivity contribution is 0.381. The van der Waals surface area contributed by atoms with Gasteiger partial charge in [0.05, 0.1) is 5.54 Å². The zero-order valence-corrected chi connectivity index (χ0v) is 20.6. The summed E-state index contributed by atoms with van der Waals surface area (Å²) >= 11 is 1.62. The minimum atomic E-state index is -0.358. The Labute approximate surface area is 212 Å². The SMILES string of the molecule is C=C(CC1(C)CSC(COc2cccc3oc(-c4ccccc4)cc(=O)c23)=N1)Nc1cccc(F)c1. The van der Waals surface area contributed by atoms with E-state index in [0.717, 1.165) is 22.1 Å². The van der Waals surface area contributed by atoms with Crippen LogP contribution in [0.5, 0.6) is 5.75 Å². The third-order valence-electron chi connectivity index (χ3n) is 5.81. The summed E-state index contributed by atoms with van der Waals surface area (Å²) in [6, 6.07) is 22.7. The number of nitrogens with zero attached hydrogens (tertiary/aromatic N) is 1. The monoisotopic (exact) mass is 500 g/mol. The number of benzene rings is 3. The molecule has 1 atom stereocenters. The van der Waals surface area contributed by atoms with E-state index in [1.807, 2.05) is 36.4 Å². The maximum atomic E-state index is 13.5. The van der Waals surface area contributed by atoms with Crippen LogP contribution < -0.4 is 15.5 Å². The Morgan fingerprint density at radius 3 is 2.75 bits per heavy atom. The van der Waals surface area contributed by atoms with Gasteiger partial charge >= 0.3 is 0 Å². The van der Waals surface area contributed by atoms with Gasteiger partial charge in [0.2, 0.25) is 0 Å². The van der Waals surface area contributed by atoms with Gasteiger partial charge in [-0.25, -0.2) is 4.39 Å². The molecule has 0 fully saturated rings. The summed E-state index contributed by atoms with van der Waals surface area (Å²) in [5.74, 6) is 1.46. The highest BCUT2D eigenvalue weighted by Crippen LogP contribution is 2.34. The van der Waals surface area contributed by atoms with Gasteiger partial charge in [-0.2, -0.15) is 0 Å². The number of nitrogens with one attached hydrogen (secondary N) is 1. The summed E-state index contributed by atoms with van der Waals surface area (Å²) < 4.78 is 25.5. The van der Waals surface area contributed by atoms with Crippen molar-refractivity contribution in [1.82, 2.24) is 0 Å². The predicted octanol–water partition coefficient (Wildman–Crippen LogP) is 6.90. The Balaban J connectivity index is 1.28. The fourth-order valence-corrected chi connectivity index (χ4v) is 5.30. The van der Waals surface area contributed by atoms with E-state index < -0.39 is 0 Å². The van der Waals surface area contributed by atoms with Crippen LogP contribution in [0, 0.1) is 5.82 Å². The van der Waals surface area contributed by atoms with E-state index in [4.69, 9.17) is 14.1 Å². The molecular formula is C29H25FN2O3S. The highest BCUT2D eigenvalue weighted by molar-refractivity contribution is 8.14. The molecule has 0 radical (unpaired) electrons. The zero-order valence-electron chi connectivity index (χ0n) is 19.8. The fraction of sp³-hybridized carbons (Fsp3) is 0.172. The molecule has 3 aromatic carbocycles. The molecule has 1 aliphatic heterocycles. The lowest BCUT2D eigenvalue weighted by Gasteiger charge is -2.21. The molecule has 0 aliphatic carbocycles. The molecule has 1 N–H and O–H groups in total. The molecule has 0 spiro atoms. The molecule has 1 unspecified atom stereocenters. The lowest BCUT2D eigenvalue weighted by Crippen LogP contribution is -2.24. The minimum Gasteiger partial charge on any atom is -0.486 e. The Kier molecular flexibility index (Phi) is 6.65. The number of halogens is 1. The first-order valence-corrected chi connectivity index (χ1v) is 12.5. The van der Waals surface area contributed by atoms with Crippen LogP contribution in [0.15, 0.2) is 105 Å². The van der Waals surface area contributed by atoms with Crippen LogP contribution in [0.2, 0.25) is 0 Å². The Hall–Kier alpha value is -3.84. The van der Waals surface area contributed by atoms with Crippen LogP contribution in [0.4, 0.5) is 10.1 Å². The third-order valence-corrected chi connectivity index (χ3v) is 7.12. The summed E-state index contributed by atoms with van der Waals surface area (Å²) in [5.41, 5.74) is 2.22. The van der Waals surface area contributed by atoms with E-state index >= 15 is 0 Å². The van der Waals surface area contributed by atoms with E-state index in [-0.39, 0.29) is 23.4 Å². The zero-order chi connectivity index (χ0) is 25.1. The van der Waals surface area contributed by atoms with Gasteiger partial charge in [0.15, 0.2) is 5.43 Å². The van der Waals surface area contributed by atoms with E-state index in [0.29, 0.717) is 34.6 Å². The molecule has 1 aromatic heterocycles. The van der Waals surface area contributed by atoms with Crippen molar-refractivity contribution in [2.75, 3.05) is 17.7 Å². The quantitative estimate of drug-likeness (QED) is 0.285. The molecule has 0 saturated carbocycles. The van der Waals surface area contributed by atoms with Crippen molar-refractivity contribution in [3.05, 3.63) is 107 Å². The van der Waals surface area contributed by atoms with E-state index in [2.05, 4.69) is 18.8 Å². The number of aliphatic imine (C=N–C) groups is 1. The highest BCUT2D eigenvalue weighted by atomic mass is 32.2. The molecule has 4 aromatic rings. The summed E-state index contributed by atoms with van der Waals surface area (Å²) in [6.45, 7) is 6.40. The summed E-state index contributed by atoms with van der Waals surface area (Å²) in [5, 5.41) is 4.42. The summed E-state index contributed by atoms with van der Waals surface area (Å²) in [6.07, 6.45) is 0.597. The average molecular weight is 501 g/mol. The molecule has 2 heterocycles. The lowest BCUT2D eigenvalue weighted by atomic mass is 9.99. The van der Waals surface area contributed by atoms with Crippen molar-refractivity contribution in [2.45, 2.75) is 18.9 Å². The standard InChI is InChI=1S/C29H25FN2O3S/c1-19(31-22-11-6-10-21(30)14-22)16-29(2)18-36-27(32-29)17-34-24-12-7-13-25-28(24)23(33)15-26(35-25)20-8-4-3-5-9-20/h3-15,31H,1,16-18H2,2H3. The molecule has 36 heavy (non-hydrogen) atoms. The van der Waals surface area contributed by atoms with Gasteiger partial charge in [0.1, 0.15) is 39.9 Å². The molecule has 7 heteroatoms. The summed E-state index contributed by atoms with van der Waals surface area (Å²) in [4.78, 5) is 17.8. The Morgan fingerprint density at radius 1 is 1.14 bits per heavy atom. The second-order valence-corrected chi connectivity index (χ2v) is 10.0. The second kappa shape index (κ2) is 10.0. The highest BCUT2D eigenvalue weighted by Gasteiger charge is 2.31. The number of hydrogen-bond acceptors (Lipinski definition) is 6. The van der Waals surface area contributed by atoms with Crippen LogP contribution in [0.3, 0.4) is 0 Å². The largest absolute Gasteiger partial charge is 0.486 e. The number of anilines is 1. The molecule has 5 rings (SSSR count). The van der Waals surface area contributed by atoms with Crippen molar-refractivity contribution >= 4 is 33.5 Å². The third kappa shape index (κ3) is 5.36. The van der Waals surface area contributed by atoms with Crippen molar-refractivity contribution in [2.24, 2.45) is 4.99 Å². The molecule has 0 amide bonds. The van der Waals surface area contributed by atoms with Gasteiger partial charge in [0.25, 0.3) is 0 Å². The van der Waals surface area contributed by atoms with Gasteiger partial charge < -0.3 is 14.5 Å². The van der Waals surface area contributed by atoms with Gasteiger partial charge in [-0.1, -0.05) is 49.0 Å². The van der Waals surface area contributed by atoms with E-state index in [9.17, 15) is 9.18 Å². The van der Waals surface area contributed by atoms with Crippen LogP contribution >= 0.6 is 11.8 Å². The first-order chi connectivity index (χ1) is 17.4. The Morgan fingerprint density at radius 2 is 1.94 bits per heavy atom. The summed E-state index contributed by atoms with van der Waals surface area (Å²) in [7, 11) is 0. The van der Waals surface area contributed by atoms with Crippen LogP contribution in [-0.4, -0.2) is 22.9 Å². The van der Waals surface area contributed by atoms with Gasteiger partial charge in [-0.15, -0.1) is 11.8 Å². The second-order valence-electron chi connectivity index (χ2n) is 8.97. The number of fused-ring (bicyclic) bond motifs is 1. The van der Waals surface area contributed by atoms with Crippen LogP contribution in [0.1, 0.15) is 13.3 Å². The number of ether oxygens (including phenoxy) is 1. The molecule has 0 saturated heterocycles. The normalized spacial score (nSPS) is 17.1. The number of thioether (sulfide) groups is 1. The van der Waals surface area contributed by atoms with E-state index in [1.165, 1.54) is 18.2 Å². The smallest absolute Gasteiger partial charge is 0.197 e. The van der Waals surface area contributed by atoms with Crippen molar-refractivity contribution in [1.29, 1.82) is 0 Å². The van der Waals surface area contributed by atoms with E-state index in [1.54, 1.807) is 36.0 Å². The number of hydrogen-bond donors (Lipinski definition) is 1. The topological polar surface area (TPSA) is 63.8 Å². The van der Waals surface area contributed by atoms with Gasteiger partial charge in [-0.3, -0.25) is 9.79 Å². The molecular weight excluding hydrogens is 475 g/mol. The first kappa shape index (κ1) is 23.9. The molecule has 182 valence electrons. The van der Waals surface area contributed by atoms with Gasteiger partial charge in [-0.05, 0) is 37.3 Å².